The van der Waals surface area contributed by atoms with Gasteiger partial charge in [0.05, 0.1) is 11.7 Å². The van der Waals surface area contributed by atoms with E-state index < -0.39 is 30.3 Å². The number of rotatable bonds is 10. The molecular formula is C25H28O11. The molecule has 1 heterocycles. The number of ether oxygens (including phenoxy) is 5. The molecule has 2 aromatic rings. The van der Waals surface area contributed by atoms with Crippen LogP contribution in [0.25, 0.3) is 11.1 Å². The molecule has 0 bridgehead atoms. The van der Waals surface area contributed by atoms with Gasteiger partial charge < -0.3 is 44.1 Å². The number of aliphatic hydroxyl groups excluding tert-OH is 2. The Hall–Kier alpha value is -3.38. The van der Waals surface area contributed by atoms with E-state index in [2.05, 4.69) is 0 Å². The van der Waals surface area contributed by atoms with Crippen molar-refractivity contribution in [1.82, 2.24) is 0 Å². The molecule has 1 saturated carbocycles. The van der Waals surface area contributed by atoms with Crippen molar-refractivity contribution < 1.29 is 53.7 Å². The van der Waals surface area contributed by atoms with E-state index in [0.29, 0.717) is 35.1 Å². The van der Waals surface area contributed by atoms with Gasteiger partial charge >= 0.3 is 24.9 Å². The zero-order valence-electron chi connectivity index (χ0n) is 19.8. The van der Waals surface area contributed by atoms with Crippen molar-refractivity contribution >= 4 is 11.9 Å². The van der Waals surface area contributed by atoms with Crippen molar-refractivity contribution in [2.45, 2.75) is 58.8 Å². The van der Waals surface area contributed by atoms with E-state index in [1.807, 2.05) is 0 Å². The van der Waals surface area contributed by atoms with Gasteiger partial charge in [-0.3, -0.25) is 4.79 Å². The molecule has 1 aliphatic carbocycles. The summed E-state index contributed by atoms with van der Waals surface area (Å²) in [5, 5.41) is 37.8. The van der Waals surface area contributed by atoms with Gasteiger partial charge in [-0.15, -0.1) is 0 Å². The van der Waals surface area contributed by atoms with Crippen molar-refractivity contribution in [2.24, 2.45) is 5.41 Å². The Labute approximate surface area is 206 Å². The van der Waals surface area contributed by atoms with Crippen LogP contribution in [0.5, 0.6) is 17.2 Å². The molecule has 1 aliphatic heterocycles. The number of benzene rings is 2. The lowest BCUT2D eigenvalue weighted by atomic mass is 9.69. The van der Waals surface area contributed by atoms with E-state index in [4.69, 9.17) is 23.7 Å². The second-order valence-electron chi connectivity index (χ2n) is 8.98. The number of carbonyl (C=O) groups excluding carboxylic acids is 2. The molecule has 2 aromatic carbocycles. The van der Waals surface area contributed by atoms with Crippen molar-refractivity contribution in [3.8, 4) is 28.4 Å². The van der Waals surface area contributed by atoms with Crippen LogP contribution in [0.3, 0.4) is 0 Å². The summed E-state index contributed by atoms with van der Waals surface area (Å²) < 4.78 is 26.7. The standard InChI is InChI=1S/C25H28O11/c1-13(2)34-22(27)25(8-3-9-25)12-33-19-16(14-4-5-17-15(10-14)11-32-21(17)26)6-7-18(35-23(28)29)20(19)36-24(30)31/h4-7,10,13,23-24,28-31H,3,8-9,11-12H2,1-2H3. The third-order valence-corrected chi connectivity index (χ3v) is 6.11. The SMILES string of the molecule is CC(C)OC(=O)C1(COc2c(-c3ccc4c(c3)COC4=O)ccc(OC(O)O)c2OC(O)O)CCC1. The lowest BCUT2D eigenvalue weighted by molar-refractivity contribution is -0.193. The Morgan fingerprint density at radius 2 is 1.69 bits per heavy atom. The number of fused-ring (bicyclic) bond motifs is 1. The smallest absolute Gasteiger partial charge is 0.338 e. The van der Waals surface area contributed by atoms with Gasteiger partial charge in [-0.1, -0.05) is 12.5 Å². The molecule has 0 unspecified atom stereocenters. The minimum Gasteiger partial charge on any atom is -0.488 e. The van der Waals surface area contributed by atoms with E-state index in [9.17, 15) is 30.0 Å². The van der Waals surface area contributed by atoms with Crippen LogP contribution in [-0.4, -0.2) is 58.0 Å². The van der Waals surface area contributed by atoms with Gasteiger partial charge in [-0.05, 0) is 56.5 Å². The number of cyclic esters (lactones) is 1. The fourth-order valence-corrected chi connectivity index (χ4v) is 4.20. The van der Waals surface area contributed by atoms with Crippen molar-refractivity contribution in [3.63, 3.8) is 0 Å². The predicted octanol–water partition coefficient (Wildman–Crippen LogP) is 1.82. The summed E-state index contributed by atoms with van der Waals surface area (Å²) in [6.45, 7) is -1.04. The summed E-state index contributed by atoms with van der Waals surface area (Å²) in [7, 11) is 0. The van der Waals surface area contributed by atoms with Crippen LogP contribution in [0.4, 0.5) is 0 Å². The van der Waals surface area contributed by atoms with Crippen molar-refractivity contribution in [2.75, 3.05) is 6.61 Å². The average molecular weight is 504 g/mol. The van der Waals surface area contributed by atoms with E-state index in [-0.39, 0.29) is 36.6 Å². The Kier molecular flexibility index (Phi) is 7.36. The molecule has 4 rings (SSSR count). The molecule has 0 saturated heterocycles. The molecule has 0 radical (unpaired) electrons. The maximum atomic E-state index is 12.8. The summed E-state index contributed by atoms with van der Waals surface area (Å²) in [5.41, 5.74) is 1.15. The summed E-state index contributed by atoms with van der Waals surface area (Å²) >= 11 is 0. The van der Waals surface area contributed by atoms with Crippen LogP contribution in [0.15, 0.2) is 30.3 Å². The first-order valence-electron chi connectivity index (χ1n) is 11.5. The summed E-state index contributed by atoms with van der Waals surface area (Å²) in [4.78, 5) is 24.7. The number of esters is 2. The minimum absolute atomic E-state index is 0.0323. The highest BCUT2D eigenvalue weighted by Gasteiger charge is 2.47. The summed E-state index contributed by atoms with van der Waals surface area (Å²) in [6.07, 6.45) is 1.57. The first-order chi connectivity index (χ1) is 17.1. The lowest BCUT2D eigenvalue weighted by Crippen LogP contribution is -2.45. The molecule has 2 aliphatic rings. The monoisotopic (exact) mass is 504 g/mol. The second kappa shape index (κ2) is 10.3. The van der Waals surface area contributed by atoms with Gasteiger partial charge in [-0.25, -0.2) is 4.79 Å². The third-order valence-electron chi connectivity index (χ3n) is 6.11. The zero-order chi connectivity index (χ0) is 26.0. The van der Waals surface area contributed by atoms with Crippen LogP contribution in [0.1, 0.15) is 49.0 Å². The number of aliphatic hydroxyl groups is 4. The highest BCUT2D eigenvalue weighted by atomic mass is 16.8. The lowest BCUT2D eigenvalue weighted by Gasteiger charge is -2.39. The topological polar surface area (TPSA) is 161 Å². The predicted molar refractivity (Wildman–Crippen MR) is 122 cm³/mol. The number of carbonyl (C=O) groups is 2. The first kappa shape index (κ1) is 25.7. The zero-order valence-corrected chi connectivity index (χ0v) is 19.8. The molecule has 0 amide bonds. The Morgan fingerprint density at radius 1 is 1.00 bits per heavy atom. The maximum Gasteiger partial charge on any atom is 0.338 e. The molecule has 4 N–H and O–H groups in total. The summed E-state index contributed by atoms with van der Waals surface area (Å²) in [5.74, 6) is -1.44. The molecular weight excluding hydrogens is 476 g/mol. The fourth-order valence-electron chi connectivity index (χ4n) is 4.20. The van der Waals surface area contributed by atoms with Crippen LogP contribution in [-0.2, 0) is 20.9 Å². The molecule has 36 heavy (non-hydrogen) atoms. The Bertz CT molecular complexity index is 1140. The van der Waals surface area contributed by atoms with Gasteiger partial charge in [0.2, 0.25) is 5.75 Å². The van der Waals surface area contributed by atoms with E-state index >= 15 is 0 Å². The highest BCUT2D eigenvalue weighted by Crippen LogP contribution is 2.48. The minimum atomic E-state index is -2.30. The molecule has 0 spiro atoms. The van der Waals surface area contributed by atoms with Gasteiger partial charge in [0.25, 0.3) is 0 Å². The van der Waals surface area contributed by atoms with E-state index in [0.717, 1.165) is 6.42 Å². The first-order valence-corrected chi connectivity index (χ1v) is 11.5. The van der Waals surface area contributed by atoms with Crippen molar-refractivity contribution in [3.05, 3.63) is 41.5 Å². The largest absolute Gasteiger partial charge is 0.488 e. The van der Waals surface area contributed by atoms with Crippen LogP contribution in [0, 0.1) is 5.41 Å². The van der Waals surface area contributed by atoms with Gasteiger partial charge in [0.1, 0.15) is 18.6 Å². The maximum absolute atomic E-state index is 12.8. The van der Waals surface area contributed by atoms with Crippen LogP contribution >= 0.6 is 0 Å². The Morgan fingerprint density at radius 3 is 2.31 bits per heavy atom. The number of hydrogen-bond acceptors (Lipinski definition) is 11. The fraction of sp³-hybridized carbons (Fsp3) is 0.440. The third kappa shape index (κ3) is 5.24. The molecule has 11 nitrogen and oxygen atoms in total. The van der Waals surface area contributed by atoms with Crippen molar-refractivity contribution in [1.29, 1.82) is 0 Å². The molecule has 194 valence electrons. The average Bonchev–Trinajstić information content (AvgIpc) is 3.13. The van der Waals surface area contributed by atoms with Crippen LogP contribution in [0.2, 0.25) is 0 Å². The quantitative estimate of drug-likeness (QED) is 0.276. The molecule has 0 aromatic heterocycles. The molecule has 1 fully saturated rings. The van der Waals surface area contributed by atoms with Gasteiger partial charge in [-0.2, -0.15) is 0 Å². The summed E-state index contributed by atoms with van der Waals surface area (Å²) in [6, 6.07) is 7.85. The second-order valence-corrected chi connectivity index (χ2v) is 8.98. The van der Waals surface area contributed by atoms with Crippen LogP contribution < -0.4 is 14.2 Å². The van der Waals surface area contributed by atoms with E-state index in [1.54, 1.807) is 38.1 Å². The number of hydrogen-bond donors (Lipinski definition) is 4. The normalized spacial score (nSPS) is 16.0. The van der Waals surface area contributed by atoms with Gasteiger partial charge in [0, 0.05) is 11.1 Å². The Balaban J connectivity index is 1.77. The van der Waals surface area contributed by atoms with Gasteiger partial charge in [0.15, 0.2) is 11.5 Å². The van der Waals surface area contributed by atoms with E-state index in [1.165, 1.54) is 6.07 Å². The molecule has 0 atom stereocenters. The molecule has 11 heteroatoms. The highest BCUT2D eigenvalue weighted by molar-refractivity contribution is 5.94.